The lowest BCUT2D eigenvalue weighted by atomic mass is 10.3. The maximum atomic E-state index is 12.5. The van der Waals surface area contributed by atoms with E-state index in [0.29, 0.717) is 26.1 Å². The first-order valence-corrected chi connectivity index (χ1v) is 9.78. The van der Waals surface area contributed by atoms with Gasteiger partial charge in [0, 0.05) is 49.7 Å². The standard InChI is InChI=1S/C19H26N4O2S/c1-15(8-9-20)26-18-7-4-3-6-17(18)21-19(25)14-22-10-5-11-23(13-12-22)16(2)24/h3-4,6-7,15H,5,8,10-14H2,1-2H3,(H,21,25)/t15-/m0/s1. The van der Waals surface area contributed by atoms with Crippen LogP contribution in [0.25, 0.3) is 0 Å². The van der Waals surface area contributed by atoms with E-state index in [4.69, 9.17) is 5.26 Å². The van der Waals surface area contributed by atoms with E-state index in [0.717, 1.165) is 30.1 Å². The minimum absolute atomic E-state index is 0.0535. The summed E-state index contributed by atoms with van der Waals surface area (Å²) in [6.45, 7) is 6.85. The summed E-state index contributed by atoms with van der Waals surface area (Å²) >= 11 is 1.59. The van der Waals surface area contributed by atoms with Crippen LogP contribution in [-0.4, -0.2) is 59.6 Å². The minimum atomic E-state index is -0.0535. The Morgan fingerprint density at radius 3 is 2.77 bits per heavy atom. The normalized spacial score (nSPS) is 16.4. The van der Waals surface area contributed by atoms with Gasteiger partial charge in [0.25, 0.3) is 0 Å². The van der Waals surface area contributed by atoms with Crippen molar-refractivity contribution in [3.8, 4) is 6.07 Å². The van der Waals surface area contributed by atoms with Crippen molar-refractivity contribution in [2.45, 2.75) is 36.8 Å². The Bertz CT molecular complexity index is 674. The molecular weight excluding hydrogens is 348 g/mol. The molecular formula is C19H26N4O2S. The van der Waals surface area contributed by atoms with Crippen molar-refractivity contribution >= 4 is 29.3 Å². The predicted octanol–water partition coefficient (Wildman–Crippen LogP) is 2.57. The number of amides is 2. The quantitative estimate of drug-likeness (QED) is 0.775. The van der Waals surface area contributed by atoms with Crippen LogP contribution < -0.4 is 5.32 Å². The number of rotatable bonds is 6. The zero-order valence-corrected chi connectivity index (χ0v) is 16.2. The third-order valence-corrected chi connectivity index (χ3v) is 5.45. The highest BCUT2D eigenvalue weighted by atomic mass is 32.2. The van der Waals surface area contributed by atoms with Crippen LogP contribution in [0.5, 0.6) is 0 Å². The fraction of sp³-hybridized carbons (Fsp3) is 0.526. The maximum Gasteiger partial charge on any atom is 0.238 e. The summed E-state index contributed by atoms with van der Waals surface area (Å²) in [6.07, 6.45) is 1.35. The molecule has 0 unspecified atom stereocenters. The minimum Gasteiger partial charge on any atom is -0.342 e. The molecule has 0 aliphatic carbocycles. The van der Waals surface area contributed by atoms with E-state index in [9.17, 15) is 9.59 Å². The first-order chi connectivity index (χ1) is 12.5. The van der Waals surface area contributed by atoms with Crippen molar-refractivity contribution in [3.05, 3.63) is 24.3 Å². The van der Waals surface area contributed by atoms with Crippen molar-refractivity contribution in [1.82, 2.24) is 9.80 Å². The summed E-state index contributed by atoms with van der Waals surface area (Å²) < 4.78 is 0. The van der Waals surface area contributed by atoms with Gasteiger partial charge in [0.1, 0.15) is 0 Å². The van der Waals surface area contributed by atoms with Gasteiger partial charge in [-0.05, 0) is 18.6 Å². The highest BCUT2D eigenvalue weighted by Crippen LogP contribution is 2.31. The van der Waals surface area contributed by atoms with Crippen molar-refractivity contribution in [2.75, 3.05) is 38.0 Å². The number of carbonyl (C=O) groups excluding carboxylic acids is 2. The average Bonchev–Trinajstić information content (AvgIpc) is 2.82. The first-order valence-electron chi connectivity index (χ1n) is 8.90. The monoisotopic (exact) mass is 374 g/mol. The molecule has 26 heavy (non-hydrogen) atoms. The Morgan fingerprint density at radius 1 is 1.27 bits per heavy atom. The number of para-hydroxylation sites is 1. The summed E-state index contributed by atoms with van der Waals surface area (Å²) in [5, 5.41) is 12.0. The van der Waals surface area contributed by atoms with Gasteiger partial charge in [0.05, 0.1) is 18.3 Å². The van der Waals surface area contributed by atoms with E-state index in [2.05, 4.69) is 16.3 Å². The van der Waals surface area contributed by atoms with Gasteiger partial charge in [-0.3, -0.25) is 14.5 Å². The molecule has 1 saturated heterocycles. The molecule has 1 aliphatic rings. The topological polar surface area (TPSA) is 76.4 Å². The SMILES string of the molecule is CC(=O)N1CCCN(CC(=O)Nc2ccccc2S[C@@H](C)CC#N)CC1. The van der Waals surface area contributed by atoms with Crippen molar-refractivity contribution in [1.29, 1.82) is 5.26 Å². The molecule has 7 heteroatoms. The Morgan fingerprint density at radius 2 is 2.04 bits per heavy atom. The van der Waals surface area contributed by atoms with Crippen LogP contribution in [-0.2, 0) is 9.59 Å². The van der Waals surface area contributed by atoms with Gasteiger partial charge < -0.3 is 10.2 Å². The number of nitrogens with zero attached hydrogens (tertiary/aromatic N) is 3. The predicted molar refractivity (Wildman–Crippen MR) is 104 cm³/mol. The molecule has 6 nitrogen and oxygen atoms in total. The molecule has 1 aromatic rings. The van der Waals surface area contributed by atoms with Gasteiger partial charge in [0.2, 0.25) is 11.8 Å². The molecule has 1 heterocycles. The number of thioether (sulfide) groups is 1. The molecule has 0 aromatic heterocycles. The molecule has 2 amide bonds. The van der Waals surface area contributed by atoms with Gasteiger partial charge in [-0.15, -0.1) is 11.8 Å². The first kappa shape index (κ1) is 20.3. The summed E-state index contributed by atoms with van der Waals surface area (Å²) in [7, 11) is 0. The van der Waals surface area contributed by atoms with E-state index < -0.39 is 0 Å². The fourth-order valence-electron chi connectivity index (χ4n) is 2.90. The van der Waals surface area contributed by atoms with Gasteiger partial charge in [0.15, 0.2) is 0 Å². The number of nitriles is 1. The molecule has 0 radical (unpaired) electrons. The Hall–Kier alpha value is -2.04. The Labute approximate surface area is 159 Å². The molecule has 1 atom stereocenters. The van der Waals surface area contributed by atoms with Crippen LogP contribution in [0.3, 0.4) is 0 Å². The van der Waals surface area contributed by atoms with Crippen LogP contribution in [0, 0.1) is 11.3 Å². The lowest BCUT2D eigenvalue weighted by molar-refractivity contribution is -0.128. The molecule has 1 N–H and O–H groups in total. The summed E-state index contributed by atoms with van der Waals surface area (Å²) in [5.74, 6) is 0.0380. The largest absolute Gasteiger partial charge is 0.342 e. The van der Waals surface area contributed by atoms with Crippen LogP contribution >= 0.6 is 11.8 Å². The zero-order chi connectivity index (χ0) is 18.9. The van der Waals surface area contributed by atoms with Crippen molar-refractivity contribution in [2.24, 2.45) is 0 Å². The third-order valence-electron chi connectivity index (χ3n) is 4.27. The van der Waals surface area contributed by atoms with Crippen LogP contribution in [0.4, 0.5) is 5.69 Å². The molecule has 1 fully saturated rings. The number of carbonyl (C=O) groups is 2. The van der Waals surface area contributed by atoms with Gasteiger partial charge in [-0.25, -0.2) is 0 Å². The van der Waals surface area contributed by atoms with E-state index in [1.807, 2.05) is 36.1 Å². The second-order valence-corrected chi connectivity index (χ2v) is 7.95. The highest BCUT2D eigenvalue weighted by Gasteiger charge is 2.19. The number of hydrogen-bond donors (Lipinski definition) is 1. The van der Waals surface area contributed by atoms with E-state index >= 15 is 0 Å². The molecule has 1 aromatic carbocycles. The number of anilines is 1. The van der Waals surface area contributed by atoms with E-state index in [1.165, 1.54) is 0 Å². The van der Waals surface area contributed by atoms with Gasteiger partial charge >= 0.3 is 0 Å². The Balaban J connectivity index is 1.92. The number of benzene rings is 1. The van der Waals surface area contributed by atoms with Gasteiger partial charge in [-0.1, -0.05) is 19.1 Å². The Kier molecular flexibility index (Phi) is 7.95. The average molecular weight is 375 g/mol. The molecule has 140 valence electrons. The second kappa shape index (κ2) is 10.2. The summed E-state index contributed by atoms with van der Waals surface area (Å²) in [6, 6.07) is 9.85. The highest BCUT2D eigenvalue weighted by molar-refractivity contribution is 8.00. The second-order valence-electron chi connectivity index (χ2n) is 6.47. The van der Waals surface area contributed by atoms with Crippen LogP contribution in [0.2, 0.25) is 0 Å². The third kappa shape index (κ3) is 6.36. The lowest BCUT2D eigenvalue weighted by Gasteiger charge is -2.21. The molecule has 1 aliphatic heterocycles. The number of nitrogens with one attached hydrogen (secondary N) is 1. The molecule has 2 rings (SSSR count). The van der Waals surface area contributed by atoms with Crippen LogP contribution in [0.15, 0.2) is 29.2 Å². The number of hydrogen-bond acceptors (Lipinski definition) is 5. The zero-order valence-electron chi connectivity index (χ0n) is 15.4. The lowest BCUT2D eigenvalue weighted by Crippen LogP contribution is -2.37. The van der Waals surface area contributed by atoms with Crippen molar-refractivity contribution in [3.63, 3.8) is 0 Å². The molecule has 0 bridgehead atoms. The summed E-state index contributed by atoms with van der Waals surface area (Å²) in [5.41, 5.74) is 0.785. The van der Waals surface area contributed by atoms with Gasteiger partial charge in [-0.2, -0.15) is 5.26 Å². The molecule has 0 spiro atoms. The van der Waals surface area contributed by atoms with Crippen molar-refractivity contribution < 1.29 is 9.59 Å². The smallest absolute Gasteiger partial charge is 0.238 e. The maximum absolute atomic E-state index is 12.5. The molecule has 0 saturated carbocycles. The van der Waals surface area contributed by atoms with E-state index in [-0.39, 0.29) is 17.1 Å². The fourth-order valence-corrected chi connectivity index (χ4v) is 3.89. The van der Waals surface area contributed by atoms with E-state index in [1.54, 1.807) is 18.7 Å². The summed E-state index contributed by atoms with van der Waals surface area (Å²) in [4.78, 5) is 28.9. The van der Waals surface area contributed by atoms with Crippen LogP contribution in [0.1, 0.15) is 26.7 Å².